The Labute approximate surface area is 762 Å². The van der Waals surface area contributed by atoms with E-state index in [2.05, 4.69) is 0 Å². The Morgan fingerprint density at radius 2 is 0.112 bits per heavy atom. The van der Waals surface area contributed by atoms with E-state index in [9.17, 15) is 0 Å². The van der Waals surface area contributed by atoms with Gasteiger partial charge in [0, 0.05) is 229 Å². The van der Waals surface area contributed by atoms with Gasteiger partial charge in [0.2, 0.25) is 0 Å². The maximum Gasteiger partial charge on any atom is 0.475 e. The van der Waals surface area contributed by atoms with Gasteiger partial charge in [0.1, 0.15) is 0 Å². The first kappa shape index (κ1) is 99.4. The van der Waals surface area contributed by atoms with Gasteiger partial charge in [-0.05, 0) is 0 Å². The topological polar surface area (TPSA) is 498 Å². The van der Waals surface area contributed by atoms with Crippen molar-refractivity contribution in [1.82, 2.24) is 0 Å². The standard InChI is InChI=1S/C12H36O18Si12.C9H28O15Si10.C8H24O12Si8.C6H18O9Si6/c1-31-13-32(2)21-35(5)14-33(3,19-31)23-37(7)16-39(9,25-35)29-42(12)18-41(11,27-37)28-38(8)17-40(10,30-42)26-36(6,22-32)15-34(4,20-31)24-38;1-26-10-25-11-27(2)15-29(4,13-26)19-33(8)22-31(6,17-27)21-32(7)18-28(3,12-25)16-30(5,14-26)20-34(9,23-32)24-33;1-21-9-22(2)12-25(5)14-23(3,10-21)16-27(7)17-24(4,11-21)15-26(6,13-22)19-28(8,18-25)20-27;1-16-7-17(2)9-18(3,8-16)15-21(6)11-19(4,13-16)10-20(5,12-21)14-17/h1-12H3;25H,1-9H3;1-8H3;1-6H3. The fraction of sp³-hybridized carbons (Fsp3) is 1.00. The van der Waals surface area contributed by atoms with E-state index >= 15 is 0 Å². The van der Waals surface area contributed by atoms with Crippen LogP contribution in [0.3, 0.4) is 0 Å². The molecule has 125 heavy (non-hydrogen) atoms. The summed E-state index contributed by atoms with van der Waals surface area (Å²) in [7, 11) is -127. The van der Waals surface area contributed by atoms with Crippen molar-refractivity contribution < 1.29 is 222 Å². The lowest BCUT2D eigenvalue weighted by atomic mass is 11.9. The summed E-state index contributed by atoms with van der Waals surface area (Å²) < 4.78 is 350. The van der Waals surface area contributed by atoms with E-state index in [0.29, 0.717) is 0 Å². The first-order chi connectivity index (χ1) is 55.8. The number of hydrogen-bond donors (Lipinski definition) is 0. The Morgan fingerprint density at radius 1 is 0.0720 bits per heavy atom. The van der Waals surface area contributed by atoms with Crippen LogP contribution in [-0.2, 0) is 222 Å². The molecule has 0 aromatic rings. The lowest BCUT2D eigenvalue weighted by Crippen LogP contribution is -2.86. The van der Waals surface area contributed by atoms with Crippen LogP contribution >= 0.6 is 0 Å². The molecule has 22 saturated heterocycles. The molecule has 0 aromatic heterocycles. The molecule has 0 aliphatic carbocycles. The van der Waals surface area contributed by atoms with Gasteiger partial charge in [0.15, 0.2) is 0 Å². The molecule has 8 unspecified atom stereocenters. The molecule has 714 valence electrons. The van der Waals surface area contributed by atoms with Crippen LogP contribution in [0, 0.1) is 0 Å². The summed E-state index contributed by atoms with van der Waals surface area (Å²) in [6, 6.07) is 0. The predicted molar refractivity (Wildman–Crippen MR) is 472 cm³/mol. The Morgan fingerprint density at radius 3 is 0.160 bits per heavy atom. The van der Waals surface area contributed by atoms with Crippen LogP contribution in [0.5, 0.6) is 0 Å². The molecule has 8 atom stereocenters. The molecule has 22 aliphatic heterocycles. The third-order valence-corrected chi connectivity index (χ3v) is 179. The maximum absolute atomic E-state index is 6.74. The SMILES string of the molecule is C[Si]12O[SiH]3O[Si]4(C)O[Si](C)(O1)O[Si]1(C)O[Si](C)(O4)O[Si]4(C)O[Si](C)(O3)O[Si](C)(O2)O[Si](C)(O4)O1.C[Si]12O[Si]3(C)O[Si](C)(O1)O[Si]1(C)O[Si](C)(O[Si](C)(O1)O3)O2.C[Si]12O[Si]3(C)O[Si]4(C)O[Si](C)(O1)O[Si]1(C)O[Si](C)(O2)O[Si](C)(O3)O[Si](C)(O4)O1.C[Si]12O[Si]3(C)O[Si]4(C)O[Si](C)(O1)O[Si]1(C)O[Si](C)(O4)O[Si]4(C)O[Si](C)(O1)O[Si]1(C)O[Si](C)(O[Si](C)(O[Si](C)(O2)O1)O3)O4. The molecule has 54 nitrogen and oxygen atoms in total. The summed E-state index contributed by atoms with van der Waals surface area (Å²) in [6.45, 7) is 60.7. The van der Waals surface area contributed by atoms with Gasteiger partial charge in [-0.3, -0.25) is 0 Å². The Bertz CT molecular complexity index is 3650. The van der Waals surface area contributed by atoms with E-state index in [-0.39, 0.29) is 0 Å². The Balaban J connectivity index is 0.000000112. The molecule has 22 rings (SSSR count). The molecule has 90 heteroatoms. The quantitative estimate of drug-likeness (QED) is 0.315. The van der Waals surface area contributed by atoms with E-state index in [4.69, 9.17) is 222 Å². The van der Waals surface area contributed by atoms with Crippen LogP contribution in [0.15, 0.2) is 0 Å². The first-order valence-electron chi connectivity index (χ1n) is 39.6. The molecule has 36 bridgehead atoms. The van der Waals surface area contributed by atoms with Gasteiger partial charge in [0.25, 0.3) is 0 Å². The van der Waals surface area contributed by atoms with E-state index in [1.54, 1.807) is 190 Å². The van der Waals surface area contributed by atoms with Gasteiger partial charge in [-0.25, -0.2) is 0 Å². The lowest BCUT2D eigenvalue weighted by molar-refractivity contribution is -0.0231. The molecule has 0 amide bonds. The summed E-state index contributed by atoms with van der Waals surface area (Å²) in [5.41, 5.74) is 0. The molecule has 22 heterocycles. The molecule has 0 spiro atoms. The van der Waals surface area contributed by atoms with Gasteiger partial charge in [-0.2, -0.15) is 0 Å². The van der Waals surface area contributed by atoms with Crippen molar-refractivity contribution in [3.63, 3.8) is 0 Å². The second kappa shape index (κ2) is 28.9. The van der Waals surface area contributed by atoms with E-state index in [1.807, 2.05) is 39.3 Å². The zero-order valence-electron chi connectivity index (χ0n) is 75.1. The average Bonchev–Trinajstić information content (AvgIpc) is 0.712. The van der Waals surface area contributed by atoms with Crippen molar-refractivity contribution in [1.29, 1.82) is 0 Å². The lowest BCUT2D eigenvalue weighted by Gasteiger charge is -2.60. The molecular weight excluding hydrogens is 2300 g/mol. The largest absolute Gasteiger partial charge is 0.475 e. The molecular formula is C35H106O54Si36. The highest BCUT2D eigenvalue weighted by Crippen LogP contribution is 2.56. The summed E-state index contributed by atoms with van der Waals surface area (Å²) in [6.07, 6.45) is 0. The second-order valence-corrected chi connectivity index (χ2v) is 141. The van der Waals surface area contributed by atoms with Crippen molar-refractivity contribution in [2.75, 3.05) is 0 Å². The van der Waals surface area contributed by atoms with Crippen molar-refractivity contribution >= 4 is 318 Å². The van der Waals surface area contributed by atoms with Crippen LogP contribution < -0.4 is 0 Å². The Hall–Kier alpha value is 5.65. The van der Waals surface area contributed by atoms with Gasteiger partial charge in [-0.1, -0.05) is 0 Å². The highest BCUT2D eigenvalue weighted by molar-refractivity contribution is 7.08. The number of fused-ring (bicyclic) bond motifs is 22. The highest BCUT2D eigenvalue weighted by Gasteiger charge is 2.86. The van der Waals surface area contributed by atoms with Crippen LogP contribution in [0.2, 0.25) is 229 Å². The van der Waals surface area contributed by atoms with Gasteiger partial charge < -0.3 is 222 Å². The number of rotatable bonds is 0. The molecule has 22 fully saturated rings. The first-order valence-corrected chi connectivity index (χ1v) is 119. The van der Waals surface area contributed by atoms with Crippen LogP contribution in [0.1, 0.15) is 0 Å². The minimum atomic E-state index is -3.85. The monoisotopic (exact) mass is 2400 g/mol. The molecule has 0 radical (unpaired) electrons. The molecule has 0 N–H and O–H groups in total. The molecule has 22 aliphatic rings. The summed E-state index contributed by atoms with van der Waals surface area (Å²) in [5.74, 6) is 0. The molecule has 0 aromatic carbocycles. The second-order valence-electron chi connectivity index (χ2n) is 36.0. The number of hydrogen-bond acceptors (Lipinski definition) is 54. The van der Waals surface area contributed by atoms with Crippen molar-refractivity contribution in [3.05, 3.63) is 0 Å². The third-order valence-electron chi connectivity index (χ3n) is 19.8. The van der Waals surface area contributed by atoms with Crippen molar-refractivity contribution in [3.8, 4) is 0 Å². The summed E-state index contributed by atoms with van der Waals surface area (Å²) in [4.78, 5) is 0. The normalized spacial score (nSPS) is 65.8. The van der Waals surface area contributed by atoms with Gasteiger partial charge >= 0.3 is 318 Å². The van der Waals surface area contributed by atoms with Crippen molar-refractivity contribution in [2.24, 2.45) is 0 Å². The maximum atomic E-state index is 6.74. The average molecular weight is 2400 g/mol. The fourth-order valence-electron chi connectivity index (χ4n) is 20.0. The van der Waals surface area contributed by atoms with Crippen LogP contribution in [0.25, 0.3) is 0 Å². The van der Waals surface area contributed by atoms with Gasteiger partial charge in [-0.15, -0.1) is 0 Å². The zero-order chi connectivity index (χ0) is 91.3. The zero-order valence-corrected chi connectivity index (χ0v) is 111. The third kappa shape index (κ3) is 19.8. The van der Waals surface area contributed by atoms with Gasteiger partial charge in [0.05, 0.1) is 0 Å². The van der Waals surface area contributed by atoms with E-state index in [0.717, 1.165) is 0 Å². The smallest absolute Gasteiger partial charge is 0.376 e. The minimum Gasteiger partial charge on any atom is -0.376 e. The highest BCUT2D eigenvalue weighted by atomic mass is 28.7. The Kier molecular flexibility index (Phi) is 22.9. The van der Waals surface area contributed by atoms with Crippen LogP contribution in [0.4, 0.5) is 0 Å². The minimum absolute atomic E-state index is 1.69. The van der Waals surface area contributed by atoms with Crippen molar-refractivity contribution in [2.45, 2.75) is 229 Å². The van der Waals surface area contributed by atoms with E-state index < -0.39 is 318 Å². The predicted octanol–water partition coefficient (Wildman–Crippen LogP) is 2.76. The van der Waals surface area contributed by atoms with E-state index in [1.165, 1.54) is 0 Å². The summed E-state index contributed by atoms with van der Waals surface area (Å²) >= 11 is 0. The van der Waals surface area contributed by atoms with Crippen LogP contribution in [-0.4, -0.2) is 318 Å². The fourth-order valence-corrected chi connectivity index (χ4v) is 221. The summed E-state index contributed by atoms with van der Waals surface area (Å²) in [5, 5.41) is 0. The molecule has 0 saturated carbocycles.